The quantitative estimate of drug-likeness (QED) is 0.587. The fraction of sp³-hybridized carbons (Fsp3) is 0.500. The smallest absolute Gasteiger partial charge is 0.269 e. The number of amides is 1. The van der Waals surface area contributed by atoms with E-state index in [1.54, 1.807) is 12.1 Å². The highest BCUT2D eigenvalue weighted by molar-refractivity contribution is 5.78. The molecule has 110 valence electrons. The fourth-order valence-corrected chi connectivity index (χ4v) is 1.99. The van der Waals surface area contributed by atoms with Crippen LogP contribution in [-0.2, 0) is 11.3 Å². The van der Waals surface area contributed by atoms with E-state index in [0.29, 0.717) is 18.0 Å². The number of hydrogen-bond donors (Lipinski definition) is 2. The Morgan fingerprint density at radius 1 is 1.45 bits per heavy atom. The fourth-order valence-electron chi connectivity index (χ4n) is 1.99. The Labute approximate surface area is 118 Å². The summed E-state index contributed by atoms with van der Waals surface area (Å²) in [4.78, 5) is 22.2. The molecule has 1 aromatic rings. The molecule has 0 radical (unpaired) electrons. The number of non-ortho nitro benzene ring substituents is 1. The van der Waals surface area contributed by atoms with Gasteiger partial charge < -0.3 is 11.1 Å². The minimum Gasteiger partial charge on any atom is -0.352 e. The molecule has 0 aliphatic carbocycles. The zero-order valence-corrected chi connectivity index (χ0v) is 11.8. The number of nitro benzene ring substituents is 1. The second-order valence-corrected chi connectivity index (χ2v) is 5.21. The number of hydrogen-bond acceptors (Lipinski definition) is 4. The first-order valence-corrected chi connectivity index (χ1v) is 6.65. The van der Waals surface area contributed by atoms with Crippen LogP contribution < -0.4 is 11.1 Å². The maximum absolute atomic E-state index is 12.0. The minimum absolute atomic E-state index is 0.0225. The van der Waals surface area contributed by atoms with Gasteiger partial charge in [-0.05, 0) is 17.9 Å². The maximum atomic E-state index is 12.0. The lowest BCUT2D eigenvalue weighted by Crippen LogP contribution is -2.35. The number of benzene rings is 1. The molecule has 0 aliphatic rings. The predicted molar refractivity (Wildman–Crippen MR) is 76.9 cm³/mol. The third-order valence-corrected chi connectivity index (χ3v) is 3.00. The first-order chi connectivity index (χ1) is 9.43. The average Bonchev–Trinajstić information content (AvgIpc) is 2.42. The highest BCUT2D eigenvalue weighted by atomic mass is 16.6. The molecular weight excluding hydrogens is 258 g/mol. The number of carbonyl (C=O) groups is 1. The van der Waals surface area contributed by atoms with E-state index >= 15 is 0 Å². The van der Waals surface area contributed by atoms with Gasteiger partial charge in [0.05, 0.1) is 10.8 Å². The molecule has 0 aromatic heterocycles. The van der Waals surface area contributed by atoms with Crippen molar-refractivity contribution in [2.75, 3.05) is 6.54 Å². The summed E-state index contributed by atoms with van der Waals surface area (Å²) in [5.41, 5.74) is 6.33. The summed E-state index contributed by atoms with van der Waals surface area (Å²) in [6, 6.07) is 6.23. The van der Waals surface area contributed by atoms with E-state index in [2.05, 4.69) is 5.32 Å². The summed E-state index contributed by atoms with van der Waals surface area (Å²) in [5.74, 6) is 0.0773. The van der Waals surface area contributed by atoms with E-state index in [4.69, 9.17) is 5.73 Å². The Morgan fingerprint density at radius 3 is 2.70 bits per heavy atom. The van der Waals surface area contributed by atoms with Gasteiger partial charge in [-0.1, -0.05) is 26.0 Å². The molecule has 1 aromatic carbocycles. The monoisotopic (exact) mass is 279 g/mol. The van der Waals surface area contributed by atoms with Crippen LogP contribution in [0.15, 0.2) is 24.3 Å². The number of nitrogens with two attached hydrogens (primary N) is 1. The lowest BCUT2D eigenvalue weighted by Gasteiger charge is -2.16. The van der Waals surface area contributed by atoms with Gasteiger partial charge in [-0.25, -0.2) is 0 Å². The van der Waals surface area contributed by atoms with Gasteiger partial charge in [-0.15, -0.1) is 0 Å². The molecular formula is C14H21N3O3. The van der Waals surface area contributed by atoms with Gasteiger partial charge in [-0.2, -0.15) is 0 Å². The third-order valence-electron chi connectivity index (χ3n) is 3.00. The van der Waals surface area contributed by atoms with Gasteiger partial charge in [0.25, 0.3) is 5.69 Å². The number of rotatable bonds is 7. The molecule has 0 bridgehead atoms. The molecule has 0 fully saturated rings. The van der Waals surface area contributed by atoms with Crippen molar-refractivity contribution >= 4 is 11.6 Å². The molecule has 1 amide bonds. The summed E-state index contributed by atoms with van der Waals surface area (Å²) in [6.45, 7) is 4.65. The van der Waals surface area contributed by atoms with Gasteiger partial charge in [0.1, 0.15) is 0 Å². The van der Waals surface area contributed by atoms with Crippen LogP contribution >= 0.6 is 0 Å². The molecule has 1 atom stereocenters. The molecule has 1 unspecified atom stereocenters. The Morgan fingerprint density at radius 2 is 2.15 bits per heavy atom. The molecule has 6 nitrogen and oxygen atoms in total. The second kappa shape index (κ2) is 7.59. The number of nitro groups is 1. The highest BCUT2D eigenvalue weighted by Gasteiger charge is 2.17. The standard InChI is InChI=1S/C14H21N3O3/c1-10(2)6-12(8-15)14(18)16-9-11-4-3-5-13(7-11)17(19)20/h3-5,7,10,12H,6,8-9,15H2,1-2H3,(H,16,18). The van der Waals surface area contributed by atoms with Crippen LogP contribution in [0.5, 0.6) is 0 Å². The molecule has 20 heavy (non-hydrogen) atoms. The average molecular weight is 279 g/mol. The summed E-state index contributed by atoms with van der Waals surface area (Å²) in [6.07, 6.45) is 0.733. The molecule has 0 aliphatic heterocycles. The second-order valence-electron chi connectivity index (χ2n) is 5.21. The number of carbonyl (C=O) groups excluding carboxylic acids is 1. The van der Waals surface area contributed by atoms with E-state index in [1.165, 1.54) is 12.1 Å². The molecule has 3 N–H and O–H groups in total. The van der Waals surface area contributed by atoms with Crippen molar-refractivity contribution in [3.63, 3.8) is 0 Å². The Kier molecular flexibility index (Phi) is 6.11. The van der Waals surface area contributed by atoms with E-state index in [-0.39, 0.29) is 24.1 Å². The van der Waals surface area contributed by atoms with Crippen LogP contribution in [0.4, 0.5) is 5.69 Å². The molecule has 0 spiro atoms. The van der Waals surface area contributed by atoms with Crippen LogP contribution in [0, 0.1) is 22.0 Å². The SMILES string of the molecule is CC(C)CC(CN)C(=O)NCc1cccc([N+](=O)[O-])c1. The Hall–Kier alpha value is -1.95. The zero-order chi connectivity index (χ0) is 15.1. The third kappa shape index (κ3) is 4.97. The van der Waals surface area contributed by atoms with Crippen molar-refractivity contribution in [2.24, 2.45) is 17.6 Å². The zero-order valence-electron chi connectivity index (χ0n) is 11.8. The van der Waals surface area contributed by atoms with Crippen molar-refractivity contribution in [3.05, 3.63) is 39.9 Å². The largest absolute Gasteiger partial charge is 0.352 e. The van der Waals surface area contributed by atoms with Crippen LogP contribution in [0.3, 0.4) is 0 Å². The lowest BCUT2D eigenvalue weighted by molar-refractivity contribution is -0.384. The molecule has 6 heteroatoms. The van der Waals surface area contributed by atoms with Gasteiger partial charge in [-0.3, -0.25) is 14.9 Å². The van der Waals surface area contributed by atoms with Gasteiger partial charge in [0.2, 0.25) is 5.91 Å². The van der Waals surface area contributed by atoms with Crippen molar-refractivity contribution < 1.29 is 9.72 Å². The molecule has 0 heterocycles. The van der Waals surface area contributed by atoms with E-state index in [9.17, 15) is 14.9 Å². The van der Waals surface area contributed by atoms with Crippen LogP contribution in [-0.4, -0.2) is 17.4 Å². The van der Waals surface area contributed by atoms with E-state index in [1.807, 2.05) is 13.8 Å². The minimum atomic E-state index is -0.452. The Bertz CT molecular complexity index is 474. The molecule has 0 saturated carbocycles. The Balaban J connectivity index is 2.59. The topological polar surface area (TPSA) is 98.3 Å². The maximum Gasteiger partial charge on any atom is 0.269 e. The first kappa shape index (κ1) is 16.1. The van der Waals surface area contributed by atoms with Crippen LogP contribution in [0.2, 0.25) is 0 Å². The van der Waals surface area contributed by atoms with Gasteiger partial charge in [0, 0.05) is 25.2 Å². The molecule has 1 rings (SSSR count). The van der Waals surface area contributed by atoms with Crippen molar-refractivity contribution in [3.8, 4) is 0 Å². The van der Waals surface area contributed by atoms with Crippen LogP contribution in [0.1, 0.15) is 25.8 Å². The highest BCUT2D eigenvalue weighted by Crippen LogP contribution is 2.14. The van der Waals surface area contributed by atoms with Crippen molar-refractivity contribution in [2.45, 2.75) is 26.8 Å². The predicted octanol–water partition coefficient (Wildman–Crippen LogP) is 1.83. The van der Waals surface area contributed by atoms with Gasteiger partial charge >= 0.3 is 0 Å². The summed E-state index contributed by atoms with van der Waals surface area (Å²) in [7, 11) is 0. The van der Waals surface area contributed by atoms with Crippen molar-refractivity contribution in [1.82, 2.24) is 5.32 Å². The lowest BCUT2D eigenvalue weighted by atomic mass is 9.96. The summed E-state index contributed by atoms with van der Waals surface area (Å²) in [5, 5.41) is 13.4. The van der Waals surface area contributed by atoms with Gasteiger partial charge in [0.15, 0.2) is 0 Å². The van der Waals surface area contributed by atoms with Crippen LogP contribution in [0.25, 0.3) is 0 Å². The number of nitrogens with zero attached hydrogens (tertiary/aromatic N) is 1. The summed E-state index contributed by atoms with van der Waals surface area (Å²) < 4.78 is 0. The number of nitrogens with one attached hydrogen (secondary N) is 1. The first-order valence-electron chi connectivity index (χ1n) is 6.65. The van der Waals surface area contributed by atoms with E-state index in [0.717, 1.165) is 6.42 Å². The van der Waals surface area contributed by atoms with E-state index < -0.39 is 4.92 Å². The normalized spacial score (nSPS) is 12.2. The molecule has 0 saturated heterocycles. The van der Waals surface area contributed by atoms with Crippen molar-refractivity contribution in [1.29, 1.82) is 0 Å². The summed E-state index contributed by atoms with van der Waals surface area (Å²) >= 11 is 0.